The molecule has 5 aliphatic heterocycles. The summed E-state index contributed by atoms with van der Waals surface area (Å²) in [7, 11) is 2.23. The van der Waals surface area contributed by atoms with Crippen molar-refractivity contribution in [2.75, 3.05) is 27.4 Å². The molecule has 0 amide bonds. The minimum Gasteiger partial charge on any atom is -0.469 e. The fourth-order valence-corrected chi connectivity index (χ4v) is 12.2. The molecule has 280 valence electrons. The summed E-state index contributed by atoms with van der Waals surface area (Å²) < 4.78 is 54.0. The van der Waals surface area contributed by atoms with Gasteiger partial charge in [-0.25, -0.2) is 9.59 Å². The van der Waals surface area contributed by atoms with Gasteiger partial charge in [-0.1, -0.05) is 13.0 Å². The second kappa shape index (κ2) is 10.5. The number of epoxide rings is 1. The average molecular weight is 721 g/mol. The fourth-order valence-electron chi connectivity index (χ4n) is 12.2. The molecule has 5 heterocycles. The number of fused-ring (bicyclic) bond motifs is 7. The van der Waals surface area contributed by atoms with Crippen molar-refractivity contribution in [1.29, 1.82) is 0 Å². The number of methoxy groups -OCH3 is 2. The molecule has 0 radical (unpaired) electrons. The third-order valence-corrected chi connectivity index (χ3v) is 14.1. The van der Waals surface area contributed by atoms with Gasteiger partial charge in [0.2, 0.25) is 6.29 Å². The average Bonchev–Trinajstić information content (AvgIpc) is 3.47. The lowest BCUT2D eigenvalue weighted by molar-refractivity contribution is -0.314. The summed E-state index contributed by atoms with van der Waals surface area (Å²) in [4.78, 5) is 54.4. The summed E-state index contributed by atoms with van der Waals surface area (Å²) in [6.45, 7) is 6.88. The molecule has 2 bridgehead atoms. The Balaban J connectivity index is 1.40. The number of aliphatic hydroxyl groups is 3. The molecule has 4 saturated heterocycles. The third kappa shape index (κ3) is 3.65. The number of carbonyl (C=O) groups excluding carboxylic acids is 4. The van der Waals surface area contributed by atoms with E-state index in [1.54, 1.807) is 33.8 Å². The largest absolute Gasteiger partial charge is 0.469 e. The molecule has 51 heavy (non-hydrogen) atoms. The zero-order valence-corrected chi connectivity index (χ0v) is 29.4. The molecule has 3 saturated carbocycles. The van der Waals surface area contributed by atoms with Crippen LogP contribution >= 0.6 is 0 Å². The fraction of sp³-hybridized carbons (Fsp3) is 0.771. The Labute approximate surface area is 293 Å². The molecule has 8 aliphatic rings. The first-order valence-electron chi connectivity index (χ1n) is 17.2. The summed E-state index contributed by atoms with van der Waals surface area (Å²) in [6.07, 6.45) is -3.11. The zero-order chi connectivity index (χ0) is 36.9. The van der Waals surface area contributed by atoms with E-state index in [9.17, 15) is 34.5 Å². The monoisotopic (exact) mass is 720 g/mol. The van der Waals surface area contributed by atoms with E-state index >= 15 is 0 Å². The Hall–Kier alpha value is -3.12. The van der Waals surface area contributed by atoms with E-state index in [1.807, 2.05) is 0 Å². The first kappa shape index (κ1) is 34.9. The van der Waals surface area contributed by atoms with Gasteiger partial charge in [-0.15, -0.1) is 0 Å². The SMILES string of the molecule is C/C=C(\C)C(=O)O[C@H]1C[C@@H](OC(C)=O)[C@@]2(C(=O)OC)CO[C@H]3[C@@H](O)[C@@](C)([C@]45OC4(C)C4C[C@H]5O[C@@H]5OC=CC45O)[C@H]4[C@]1(CO[C@]4(O)C(=O)OC)[C@@H]32. The molecule has 1 spiro atoms. The smallest absolute Gasteiger partial charge is 0.366 e. The molecular formula is C35H44O16. The van der Waals surface area contributed by atoms with Crippen LogP contribution in [0.3, 0.4) is 0 Å². The van der Waals surface area contributed by atoms with Crippen LogP contribution in [0.25, 0.3) is 0 Å². The van der Waals surface area contributed by atoms with Crippen LogP contribution in [0.15, 0.2) is 24.0 Å². The quantitative estimate of drug-likeness (QED) is 0.140. The minimum absolute atomic E-state index is 0.235. The van der Waals surface area contributed by atoms with Crippen LogP contribution in [0.4, 0.5) is 0 Å². The number of rotatable bonds is 6. The van der Waals surface area contributed by atoms with Crippen LogP contribution in [0.5, 0.6) is 0 Å². The van der Waals surface area contributed by atoms with Crippen molar-refractivity contribution < 1.29 is 77.1 Å². The lowest BCUT2D eigenvalue weighted by Crippen LogP contribution is -2.79. The standard InChI is InChI=1S/C35H44O16/c1-8-15(2)24(38)49-18-12-19(48-16(3)36)32(26(39)43-6)13-46-21-22(32)31(18)14-47-34(42,27(40)44-7)25(31)29(4,23(21)37)35-20-11-17(30(35,5)51-35)33(41)9-10-45-28(33)50-20/h8-10,17-23,25,28,37,41-42H,11-14H2,1-7H3/b15-8+/t17?,18-,19+,20+,21+,22+,23+,25-,28-,29+,30?,31-,32-,33?,34-,35-/m0/s1. The van der Waals surface area contributed by atoms with Crippen molar-refractivity contribution in [3.8, 4) is 0 Å². The van der Waals surface area contributed by atoms with Crippen LogP contribution in [0.2, 0.25) is 0 Å². The van der Waals surface area contributed by atoms with Gasteiger partial charge in [0, 0.05) is 47.5 Å². The van der Waals surface area contributed by atoms with Gasteiger partial charge in [-0.2, -0.15) is 0 Å². The molecule has 0 aromatic heterocycles. The minimum atomic E-state index is -2.82. The first-order chi connectivity index (χ1) is 23.9. The van der Waals surface area contributed by atoms with E-state index in [0.717, 1.165) is 14.2 Å². The van der Waals surface area contributed by atoms with Crippen LogP contribution in [-0.4, -0.2) is 126 Å². The van der Waals surface area contributed by atoms with E-state index in [-0.39, 0.29) is 18.4 Å². The number of esters is 4. The number of hydrogen-bond acceptors (Lipinski definition) is 16. The Morgan fingerprint density at radius 2 is 1.67 bits per heavy atom. The molecular weight excluding hydrogens is 676 g/mol. The van der Waals surface area contributed by atoms with Crippen molar-refractivity contribution in [3.05, 3.63) is 24.0 Å². The van der Waals surface area contributed by atoms with Crippen molar-refractivity contribution in [1.82, 2.24) is 0 Å². The number of aliphatic hydroxyl groups excluding tert-OH is 1. The summed E-state index contributed by atoms with van der Waals surface area (Å²) in [5, 5.41) is 37.4. The third-order valence-electron chi connectivity index (χ3n) is 14.1. The van der Waals surface area contributed by atoms with Crippen LogP contribution < -0.4 is 0 Å². The summed E-state index contributed by atoms with van der Waals surface area (Å²) in [5.41, 5.74) is -9.47. The highest BCUT2D eigenvalue weighted by molar-refractivity contribution is 5.88. The summed E-state index contributed by atoms with van der Waals surface area (Å²) in [6, 6.07) is 0. The predicted molar refractivity (Wildman–Crippen MR) is 164 cm³/mol. The topological polar surface area (TPSA) is 215 Å². The maximum Gasteiger partial charge on any atom is 0.366 e. The van der Waals surface area contributed by atoms with E-state index in [1.165, 1.54) is 19.3 Å². The second-order valence-corrected chi connectivity index (χ2v) is 15.8. The maximum absolute atomic E-state index is 14.2. The van der Waals surface area contributed by atoms with Gasteiger partial charge in [0.25, 0.3) is 5.79 Å². The van der Waals surface area contributed by atoms with Gasteiger partial charge in [0.05, 0.1) is 52.0 Å². The van der Waals surface area contributed by atoms with E-state index in [4.69, 9.17) is 42.6 Å². The van der Waals surface area contributed by atoms with Gasteiger partial charge in [0.1, 0.15) is 28.8 Å². The Bertz CT molecular complexity index is 1660. The maximum atomic E-state index is 14.2. The highest BCUT2D eigenvalue weighted by Gasteiger charge is 2.97. The van der Waals surface area contributed by atoms with Gasteiger partial charge >= 0.3 is 23.9 Å². The molecule has 8 rings (SSSR count). The van der Waals surface area contributed by atoms with Gasteiger partial charge in [-0.05, 0) is 33.3 Å². The summed E-state index contributed by atoms with van der Waals surface area (Å²) >= 11 is 0. The predicted octanol–water partition coefficient (Wildman–Crippen LogP) is -0.203. The van der Waals surface area contributed by atoms with Crippen molar-refractivity contribution in [2.24, 2.45) is 34.0 Å². The molecule has 16 nitrogen and oxygen atoms in total. The molecule has 3 unspecified atom stereocenters. The number of allylic oxidation sites excluding steroid dienone is 1. The molecule has 16 heteroatoms. The lowest BCUT2D eigenvalue weighted by atomic mass is 9.37. The zero-order valence-electron chi connectivity index (χ0n) is 29.4. The number of ether oxygens (including phenoxy) is 9. The van der Waals surface area contributed by atoms with E-state index in [2.05, 4.69) is 0 Å². The molecule has 16 atom stereocenters. The highest BCUT2D eigenvalue weighted by Crippen LogP contribution is 2.83. The van der Waals surface area contributed by atoms with Crippen LogP contribution in [0.1, 0.15) is 47.5 Å². The van der Waals surface area contributed by atoms with Crippen molar-refractivity contribution >= 4 is 23.9 Å². The summed E-state index contributed by atoms with van der Waals surface area (Å²) in [5.74, 6) is -9.76. The first-order valence-corrected chi connectivity index (χ1v) is 17.2. The van der Waals surface area contributed by atoms with E-state index in [0.29, 0.717) is 0 Å². The normalized spacial score (nSPS) is 53.9. The highest BCUT2D eigenvalue weighted by atomic mass is 16.7. The Morgan fingerprint density at radius 1 is 0.961 bits per heavy atom. The molecule has 0 aromatic carbocycles. The molecule has 3 aliphatic carbocycles. The van der Waals surface area contributed by atoms with Gasteiger partial charge in [-0.3, -0.25) is 9.59 Å². The Morgan fingerprint density at radius 3 is 2.31 bits per heavy atom. The van der Waals surface area contributed by atoms with Crippen molar-refractivity contribution in [2.45, 2.75) is 107 Å². The molecule has 3 N–H and O–H groups in total. The van der Waals surface area contributed by atoms with Gasteiger partial charge < -0.3 is 58.0 Å². The van der Waals surface area contributed by atoms with Crippen molar-refractivity contribution in [3.63, 3.8) is 0 Å². The van der Waals surface area contributed by atoms with Crippen LogP contribution in [-0.2, 0) is 61.8 Å². The molecule has 0 aromatic rings. The number of hydrogen-bond donors (Lipinski definition) is 3. The molecule has 7 fully saturated rings. The number of carbonyl (C=O) groups is 4. The van der Waals surface area contributed by atoms with Gasteiger partial charge in [0.15, 0.2) is 5.60 Å². The van der Waals surface area contributed by atoms with Crippen LogP contribution in [0, 0.1) is 34.0 Å². The second-order valence-electron chi connectivity index (χ2n) is 15.8. The lowest BCUT2D eigenvalue weighted by Gasteiger charge is -2.65. The van der Waals surface area contributed by atoms with E-state index < -0.39 is 130 Å². The Kier molecular flexibility index (Phi) is 7.20.